The number of nitrogens with zero attached hydrogens (tertiary/aromatic N) is 3. The molecule has 0 N–H and O–H groups in total. The minimum Gasteiger partial charge on any atom is -0.493 e. The second kappa shape index (κ2) is 11.4. The Morgan fingerprint density at radius 2 is 1.62 bits per heavy atom. The van der Waals surface area contributed by atoms with E-state index in [1.807, 2.05) is 23.6 Å². The number of benzene rings is 2. The minimum absolute atomic E-state index is 0.0275. The molecule has 2 aromatic carbocycles. The van der Waals surface area contributed by atoms with Gasteiger partial charge in [0.15, 0.2) is 34.4 Å². The fourth-order valence-corrected chi connectivity index (χ4v) is 4.53. The summed E-state index contributed by atoms with van der Waals surface area (Å²) < 4.78 is 18.7. The fourth-order valence-electron chi connectivity index (χ4n) is 3.56. The second-order valence-electron chi connectivity index (χ2n) is 8.57. The van der Waals surface area contributed by atoms with Gasteiger partial charge >= 0.3 is 0 Å². The van der Waals surface area contributed by atoms with E-state index in [1.165, 1.54) is 17.3 Å². The van der Waals surface area contributed by atoms with Gasteiger partial charge in [0.2, 0.25) is 0 Å². The number of thioether (sulfide) groups is 1. The smallest absolute Gasteiger partial charge is 0.192 e. The molecule has 3 aromatic rings. The van der Waals surface area contributed by atoms with Crippen molar-refractivity contribution in [2.24, 2.45) is 0 Å². The van der Waals surface area contributed by atoms with E-state index in [2.05, 4.69) is 50.0 Å². The standard InChI is InChI=1S/C26H33N3O4S/c1-16(2)19-8-11-21(12-9-19)33-18(5)25-27-28-26(29(25)17(3)4)34-15-22(30)20-10-13-23(31-6)24(14-20)32-7/h8-14,16-18H,15H2,1-7H3. The number of hydrogen-bond donors (Lipinski definition) is 0. The van der Waals surface area contributed by atoms with Crippen molar-refractivity contribution < 1.29 is 19.0 Å². The Bertz CT molecular complexity index is 1110. The van der Waals surface area contributed by atoms with Gasteiger partial charge in [-0.1, -0.05) is 37.7 Å². The summed E-state index contributed by atoms with van der Waals surface area (Å²) in [4.78, 5) is 12.8. The van der Waals surface area contributed by atoms with Gasteiger partial charge in [0.1, 0.15) is 5.75 Å². The highest BCUT2D eigenvalue weighted by atomic mass is 32.2. The Labute approximate surface area is 205 Å². The van der Waals surface area contributed by atoms with Crippen LogP contribution in [-0.2, 0) is 0 Å². The van der Waals surface area contributed by atoms with Crippen molar-refractivity contribution in [2.75, 3.05) is 20.0 Å². The molecule has 0 spiro atoms. The first-order valence-corrected chi connectivity index (χ1v) is 12.3. The molecule has 0 saturated heterocycles. The van der Waals surface area contributed by atoms with Crippen LogP contribution in [0.5, 0.6) is 17.2 Å². The molecule has 1 heterocycles. The number of Topliss-reactive ketones (excluding diaryl/α,β-unsaturated/α-hetero) is 1. The van der Waals surface area contributed by atoms with Crippen LogP contribution in [-0.4, -0.2) is 40.5 Å². The Kier molecular flexibility index (Phi) is 8.61. The average molecular weight is 484 g/mol. The third-order valence-electron chi connectivity index (χ3n) is 5.47. The molecular weight excluding hydrogens is 450 g/mol. The van der Waals surface area contributed by atoms with E-state index < -0.39 is 0 Å². The highest BCUT2D eigenvalue weighted by molar-refractivity contribution is 7.99. The van der Waals surface area contributed by atoms with Crippen LogP contribution >= 0.6 is 11.8 Å². The molecule has 1 aromatic heterocycles. The zero-order valence-electron chi connectivity index (χ0n) is 20.9. The van der Waals surface area contributed by atoms with Crippen molar-refractivity contribution in [3.63, 3.8) is 0 Å². The number of hydrogen-bond acceptors (Lipinski definition) is 7. The largest absolute Gasteiger partial charge is 0.493 e. The minimum atomic E-state index is -0.296. The number of rotatable bonds is 11. The van der Waals surface area contributed by atoms with Gasteiger partial charge in [0.05, 0.1) is 20.0 Å². The summed E-state index contributed by atoms with van der Waals surface area (Å²) >= 11 is 1.36. The van der Waals surface area contributed by atoms with Crippen LogP contribution in [0.25, 0.3) is 0 Å². The summed E-state index contributed by atoms with van der Waals surface area (Å²) in [6.07, 6.45) is -0.296. The summed E-state index contributed by atoms with van der Waals surface area (Å²) in [6, 6.07) is 13.4. The Morgan fingerprint density at radius 1 is 0.941 bits per heavy atom. The van der Waals surface area contributed by atoms with Crippen LogP contribution < -0.4 is 14.2 Å². The predicted octanol–water partition coefficient (Wildman–Crippen LogP) is 6.11. The van der Waals surface area contributed by atoms with Gasteiger partial charge in [-0.05, 0) is 62.6 Å². The molecule has 0 radical (unpaired) electrons. The number of carbonyl (C=O) groups excluding carboxylic acids is 1. The second-order valence-corrected chi connectivity index (χ2v) is 9.51. The lowest BCUT2D eigenvalue weighted by atomic mass is 10.0. The SMILES string of the molecule is COc1ccc(C(=O)CSc2nnc(C(C)Oc3ccc(C(C)C)cc3)n2C(C)C)cc1OC. The van der Waals surface area contributed by atoms with Gasteiger partial charge in [-0.2, -0.15) is 0 Å². The van der Waals surface area contributed by atoms with Gasteiger partial charge < -0.3 is 18.8 Å². The summed E-state index contributed by atoms with van der Waals surface area (Å²) in [5.41, 5.74) is 1.82. The molecule has 8 heteroatoms. The van der Waals surface area contributed by atoms with Gasteiger partial charge in [-0.15, -0.1) is 10.2 Å². The number of aromatic nitrogens is 3. The normalized spacial score (nSPS) is 12.1. The highest BCUT2D eigenvalue weighted by Crippen LogP contribution is 2.31. The van der Waals surface area contributed by atoms with E-state index in [0.717, 1.165) is 11.6 Å². The van der Waals surface area contributed by atoms with Gasteiger partial charge in [0.25, 0.3) is 0 Å². The van der Waals surface area contributed by atoms with Crippen molar-refractivity contribution >= 4 is 17.5 Å². The van der Waals surface area contributed by atoms with E-state index in [0.29, 0.717) is 28.1 Å². The van der Waals surface area contributed by atoms with Crippen molar-refractivity contribution in [2.45, 2.75) is 57.8 Å². The van der Waals surface area contributed by atoms with E-state index in [4.69, 9.17) is 14.2 Å². The summed E-state index contributed by atoms with van der Waals surface area (Å²) in [5, 5.41) is 9.45. The molecule has 0 aliphatic carbocycles. The molecule has 0 aliphatic rings. The molecule has 1 unspecified atom stereocenters. The molecule has 0 bridgehead atoms. The van der Waals surface area contributed by atoms with Crippen LogP contribution in [0.4, 0.5) is 0 Å². The monoisotopic (exact) mass is 483 g/mol. The van der Waals surface area contributed by atoms with Crippen LogP contribution in [0.15, 0.2) is 47.6 Å². The first-order valence-electron chi connectivity index (χ1n) is 11.3. The molecule has 0 saturated carbocycles. The first kappa shape index (κ1) is 25.6. The highest BCUT2D eigenvalue weighted by Gasteiger charge is 2.22. The van der Waals surface area contributed by atoms with Crippen molar-refractivity contribution in [3.8, 4) is 17.2 Å². The lowest BCUT2D eigenvalue weighted by Gasteiger charge is -2.19. The van der Waals surface area contributed by atoms with E-state index in [-0.39, 0.29) is 23.7 Å². The molecule has 7 nitrogen and oxygen atoms in total. The zero-order chi connectivity index (χ0) is 24.8. The number of methoxy groups -OCH3 is 2. The van der Waals surface area contributed by atoms with Gasteiger partial charge in [-0.3, -0.25) is 4.79 Å². The first-order chi connectivity index (χ1) is 16.2. The molecular formula is C26H33N3O4S. The topological polar surface area (TPSA) is 75.5 Å². The Hall–Kier alpha value is -3.00. The quantitative estimate of drug-likeness (QED) is 0.240. The van der Waals surface area contributed by atoms with Crippen LogP contribution in [0.1, 0.15) is 74.4 Å². The fraction of sp³-hybridized carbons (Fsp3) is 0.423. The molecule has 182 valence electrons. The van der Waals surface area contributed by atoms with Crippen molar-refractivity contribution in [1.82, 2.24) is 14.8 Å². The van der Waals surface area contributed by atoms with E-state index in [9.17, 15) is 4.79 Å². The van der Waals surface area contributed by atoms with Crippen LogP contribution in [0, 0.1) is 0 Å². The average Bonchev–Trinajstić information content (AvgIpc) is 3.27. The molecule has 0 aliphatic heterocycles. The number of carbonyl (C=O) groups is 1. The third-order valence-corrected chi connectivity index (χ3v) is 6.41. The maximum Gasteiger partial charge on any atom is 0.192 e. The Balaban J connectivity index is 1.72. The number of ether oxygens (including phenoxy) is 3. The molecule has 0 amide bonds. The van der Waals surface area contributed by atoms with Gasteiger partial charge in [0, 0.05) is 11.6 Å². The van der Waals surface area contributed by atoms with E-state index in [1.54, 1.807) is 32.4 Å². The summed E-state index contributed by atoms with van der Waals surface area (Å²) in [7, 11) is 3.12. The van der Waals surface area contributed by atoms with Gasteiger partial charge in [-0.25, -0.2) is 0 Å². The lowest BCUT2D eigenvalue weighted by molar-refractivity contribution is 0.102. The molecule has 0 fully saturated rings. The summed E-state index contributed by atoms with van der Waals surface area (Å²) in [6.45, 7) is 10.4. The van der Waals surface area contributed by atoms with Crippen LogP contribution in [0.2, 0.25) is 0 Å². The maximum absolute atomic E-state index is 12.8. The molecule has 34 heavy (non-hydrogen) atoms. The summed E-state index contributed by atoms with van der Waals surface area (Å²) in [5.74, 6) is 3.29. The molecule has 1 atom stereocenters. The lowest BCUT2D eigenvalue weighted by Crippen LogP contribution is -2.14. The van der Waals surface area contributed by atoms with Crippen molar-refractivity contribution in [3.05, 3.63) is 59.4 Å². The Morgan fingerprint density at radius 3 is 2.21 bits per heavy atom. The number of ketones is 1. The van der Waals surface area contributed by atoms with Crippen LogP contribution in [0.3, 0.4) is 0 Å². The van der Waals surface area contributed by atoms with E-state index >= 15 is 0 Å². The van der Waals surface area contributed by atoms with Crippen molar-refractivity contribution in [1.29, 1.82) is 0 Å². The zero-order valence-corrected chi connectivity index (χ0v) is 21.7. The molecule has 3 rings (SSSR count). The predicted molar refractivity (Wildman–Crippen MR) is 135 cm³/mol. The maximum atomic E-state index is 12.8. The third kappa shape index (κ3) is 5.91.